The SMILES string of the molecule is NCCC=Cc1ccc(O)c(C(=O)O)c1. The molecule has 0 aliphatic heterocycles. The molecule has 0 atom stereocenters. The van der Waals surface area contributed by atoms with Gasteiger partial charge in [0.25, 0.3) is 0 Å². The number of hydrogen-bond acceptors (Lipinski definition) is 3. The second-order valence-electron chi connectivity index (χ2n) is 3.06. The van der Waals surface area contributed by atoms with E-state index in [1.807, 2.05) is 6.08 Å². The summed E-state index contributed by atoms with van der Waals surface area (Å²) in [5.41, 5.74) is 5.95. The minimum absolute atomic E-state index is 0.0927. The van der Waals surface area contributed by atoms with Crippen LogP contribution in [0.15, 0.2) is 24.3 Å². The Morgan fingerprint density at radius 3 is 2.80 bits per heavy atom. The van der Waals surface area contributed by atoms with Crippen LogP contribution >= 0.6 is 0 Å². The highest BCUT2D eigenvalue weighted by atomic mass is 16.4. The van der Waals surface area contributed by atoms with Crippen molar-refractivity contribution in [2.75, 3.05) is 6.54 Å². The molecule has 0 aliphatic carbocycles. The molecule has 0 saturated carbocycles. The smallest absolute Gasteiger partial charge is 0.339 e. The lowest BCUT2D eigenvalue weighted by atomic mass is 10.1. The molecule has 1 aromatic rings. The average molecular weight is 207 g/mol. The summed E-state index contributed by atoms with van der Waals surface area (Å²) in [5.74, 6) is -1.36. The Hall–Kier alpha value is -1.81. The third-order valence-corrected chi connectivity index (χ3v) is 1.89. The third-order valence-electron chi connectivity index (χ3n) is 1.89. The van der Waals surface area contributed by atoms with Crippen LogP contribution in [0.5, 0.6) is 5.75 Å². The summed E-state index contributed by atoms with van der Waals surface area (Å²) in [6.07, 6.45) is 4.38. The molecule has 0 aromatic heterocycles. The quantitative estimate of drug-likeness (QED) is 0.697. The molecule has 80 valence electrons. The molecule has 1 aromatic carbocycles. The number of phenols is 1. The largest absolute Gasteiger partial charge is 0.507 e. The summed E-state index contributed by atoms with van der Waals surface area (Å²) in [6, 6.07) is 4.44. The van der Waals surface area contributed by atoms with Crippen LogP contribution in [0.4, 0.5) is 0 Å². The zero-order valence-corrected chi connectivity index (χ0v) is 8.18. The van der Waals surface area contributed by atoms with Gasteiger partial charge < -0.3 is 15.9 Å². The van der Waals surface area contributed by atoms with Gasteiger partial charge >= 0.3 is 5.97 Å². The van der Waals surface area contributed by atoms with Crippen LogP contribution in [0.3, 0.4) is 0 Å². The molecule has 15 heavy (non-hydrogen) atoms. The molecular weight excluding hydrogens is 194 g/mol. The van der Waals surface area contributed by atoms with Crippen molar-refractivity contribution in [1.29, 1.82) is 0 Å². The van der Waals surface area contributed by atoms with Crippen molar-refractivity contribution in [3.8, 4) is 5.75 Å². The van der Waals surface area contributed by atoms with Crippen molar-refractivity contribution in [1.82, 2.24) is 0 Å². The molecule has 0 saturated heterocycles. The number of rotatable bonds is 4. The maximum Gasteiger partial charge on any atom is 0.339 e. The number of hydrogen-bond donors (Lipinski definition) is 3. The summed E-state index contributed by atoms with van der Waals surface area (Å²) in [6.45, 7) is 0.556. The van der Waals surface area contributed by atoms with E-state index in [1.165, 1.54) is 12.1 Å². The van der Waals surface area contributed by atoms with E-state index < -0.39 is 5.97 Å². The Balaban J connectivity index is 2.92. The highest BCUT2D eigenvalue weighted by Gasteiger charge is 2.08. The monoisotopic (exact) mass is 207 g/mol. The summed E-state index contributed by atoms with van der Waals surface area (Å²) in [5, 5.41) is 18.0. The Kier molecular flexibility index (Phi) is 3.88. The predicted octanol–water partition coefficient (Wildman–Crippen LogP) is 1.45. The van der Waals surface area contributed by atoms with Crippen molar-refractivity contribution < 1.29 is 15.0 Å². The summed E-state index contributed by atoms with van der Waals surface area (Å²) in [7, 11) is 0. The van der Waals surface area contributed by atoms with E-state index in [2.05, 4.69) is 0 Å². The zero-order valence-electron chi connectivity index (χ0n) is 8.18. The van der Waals surface area contributed by atoms with Crippen molar-refractivity contribution >= 4 is 12.0 Å². The maximum atomic E-state index is 10.7. The van der Waals surface area contributed by atoms with Gasteiger partial charge in [-0.1, -0.05) is 18.2 Å². The van der Waals surface area contributed by atoms with Crippen LogP contribution in [0.25, 0.3) is 6.08 Å². The Labute approximate surface area is 87.7 Å². The first-order valence-electron chi connectivity index (χ1n) is 4.58. The highest BCUT2D eigenvalue weighted by molar-refractivity contribution is 5.91. The molecule has 0 bridgehead atoms. The zero-order chi connectivity index (χ0) is 11.3. The van der Waals surface area contributed by atoms with Crippen LogP contribution in [0.1, 0.15) is 22.3 Å². The molecule has 0 amide bonds. The van der Waals surface area contributed by atoms with E-state index in [4.69, 9.17) is 10.8 Å². The lowest BCUT2D eigenvalue weighted by Gasteiger charge is -2.00. The van der Waals surface area contributed by atoms with Gasteiger partial charge in [-0.05, 0) is 30.7 Å². The number of carbonyl (C=O) groups is 1. The van der Waals surface area contributed by atoms with Crippen LogP contribution in [-0.4, -0.2) is 22.7 Å². The minimum Gasteiger partial charge on any atom is -0.507 e. The molecule has 0 fully saturated rings. The van der Waals surface area contributed by atoms with Crippen molar-refractivity contribution in [2.24, 2.45) is 5.73 Å². The van der Waals surface area contributed by atoms with Crippen LogP contribution in [-0.2, 0) is 0 Å². The number of aromatic hydroxyl groups is 1. The van der Waals surface area contributed by atoms with Gasteiger partial charge in [-0.2, -0.15) is 0 Å². The third kappa shape index (κ3) is 3.11. The van der Waals surface area contributed by atoms with Crippen LogP contribution in [0.2, 0.25) is 0 Å². The first kappa shape index (κ1) is 11.3. The van der Waals surface area contributed by atoms with Gasteiger partial charge in [-0.15, -0.1) is 0 Å². The Morgan fingerprint density at radius 2 is 2.20 bits per heavy atom. The first-order chi connectivity index (χ1) is 7.15. The fraction of sp³-hybridized carbons (Fsp3) is 0.182. The van der Waals surface area contributed by atoms with Gasteiger partial charge in [-0.25, -0.2) is 4.79 Å². The molecule has 0 radical (unpaired) electrons. The second-order valence-corrected chi connectivity index (χ2v) is 3.06. The van der Waals surface area contributed by atoms with Gasteiger partial charge in [0.05, 0.1) is 0 Å². The van der Waals surface area contributed by atoms with Crippen molar-refractivity contribution in [3.63, 3.8) is 0 Å². The molecule has 0 spiro atoms. The maximum absolute atomic E-state index is 10.7. The molecule has 0 aliphatic rings. The predicted molar refractivity (Wildman–Crippen MR) is 57.8 cm³/mol. The van der Waals surface area contributed by atoms with E-state index in [0.717, 1.165) is 12.0 Å². The number of benzene rings is 1. The normalized spacial score (nSPS) is 10.7. The molecule has 4 nitrogen and oxygen atoms in total. The topological polar surface area (TPSA) is 83.5 Å². The molecule has 0 heterocycles. The van der Waals surface area contributed by atoms with Gasteiger partial charge in [0.15, 0.2) is 0 Å². The van der Waals surface area contributed by atoms with E-state index >= 15 is 0 Å². The Bertz CT molecular complexity index is 385. The van der Waals surface area contributed by atoms with Crippen molar-refractivity contribution in [2.45, 2.75) is 6.42 Å². The molecule has 1 rings (SSSR count). The Morgan fingerprint density at radius 1 is 1.47 bits per heavy atom. The van der Waals surface area contributed by atoms with E-state index in [0.29, 0.717) is 6.54 Å². The number of aromatic carboxylic acids is 1. The van der Waals surface area contributed by atoms with E-state index in [1.54, 1.807) is 12.1 Å². The van der Waals surface area contributed by atoms with Gasteiger partial charge in [0.1, 0.15) is 11.3 Å². The highest BCUT2D eigenvalue weighted by Crippen LogP contribution is 2.19. The molecule has 0 unspecified atom stereocenters. The molecule has 4 heteroatoms. The summed E-state index contributed by atoms with van der Waals surface area (Å²) >= 11 is 0. The fourth-order valence-corrected chi connectivity index (χ4v) is 1.14. The second kappa shape index (κ2) is 5.17. The van der Waals surface area contributed by atoms with Gasteiger partial charge in [0.2, 0.25) is 0 Å². The van der Waals surface area contributed by atoms with Crippen molar-refractivity contribution in [3.05, 3.63) is 35.4 Å². The van der Waals surface area contributed by atoms with E-state index in [9.17, 15) is 9.90 Å². The van der Waals surface area contributed by atoms with E-state index in [-0.39, 0.29) is 11.3 Å². The van der Waals surface area contributed by atoms with Crippen LogP contribution < -0.4 is 5.73 Å². The van der Waals surface area contributed by atoms with Gasteiger partial charge in [0, 0.05) is 0 Å². The fourth-order valence-electron chi connectivity index (χ4n) is 1.14. The van der Waals surface area contributed by atoms with Crippen LogP contribution in [0, 0.1) is 0 Å². The molecular formula is C11H13NO3. The standard InChI is InChI=1S/C11H13NO3/c12-6-2-1-3-8-4-5-10(13)9(7-8)11(14)15/h1,3-5,7,13H,2,6,12H2,(H,14,15). The first-order valence-corrected chi connectivity index (χ1v) is 4.58. The number of nitrogens with two attached hydrogens (primary N) is 1. The summed E-state index contributed by atoms with van der Waals surface area (Å²) in [4.78, 5) is 10.7. The number of carboxylic acid groups (broad SMARTS) is 1. The minimum atomic E-state index is -1.14. The average Bonchev–Trinajstić information content (AvgIpc) is 2.20. The lowest BCUT2D eigenvalue weighted by molar-refractivity contribution is 0.0693. The molecule has 4 N–H and O–H groups in total. The lowest BCUT2D eigenvalue weighted by Crippen LogP contribution is -1.97. The van der Waals surface area contributed by atoms with Gasteiger partial charge in [-0.3, -0.25) is 0 Å². The summed E-state index contributed by atoms with van der Waals surface area (Å²) < 4.78 is 0. The number of carboxylic acids is 1.